The van der Waals surface area contributed by atoms with E-state index < -0.39 is 28.5 Å². The first-order valence-electron chi connectivity index (χ1n) is 14.1. The second-order valence-electron chi connectivity index (χ2n) is 10.8. The molecule has 224 valence electrons. The van der Waals surface area contributed by atoms with E-state index >= 15 is 0 Å². The Balaban J connectivity index is 1.71. The van der Waals surface area contributed by atoms with Crippen LogP contribution in [0.15, 0.2) is 71.6 Å². The van der Waals surface area contributed by atoms with Crippen LogP contribution in [-0.2, 0) is 26.2 Å². The molecule has 0 spiro atoms. The minimum atomic E-state index is -4.17. The number of hydrogen-bond acceptors (Lipinski definition) is 5. The van der Waals surface area contributed by atoms with Crippen LogP contribution in [0.2, 0.25) is 5.02 Å². The lowest BCUT2D eigenvalue weighted by Gasteiger charge is -2.32. The highest BCUT2D eigenvalue weighted by Crippen LogP contribution is 2.29. The van der Waals surface area contributed by atoms with Crippen molar-refractivity contribution in [1.29, 1.82) is 0 Å². The Kier molecular flexibility index (Phi) is 10.2. The molecule has 1 aliphatic carbocycles. The van der Waals surface area contributed by atoms with E-state index in [2.05, 4.69) is 5.32 Å². The van der Waals surface area contributed by atoms with Gasteiger partial charge in [0.25, 0.3) is 10.0 Å². The van der Waals surface area contributed by atoms with E-state index in [1.807, 2.05) is 26.0 Å². The fourth-order valence-electron chi connectivity index (χ4n) is 5.05. The lowest BCUT2D eigenvalue weighted by molar-refractivity contribution is -0.139. The van der Waals surface area contributed by atoms with Crippen molar-refractivity contribution < 1.29 is 22.7 Å². The smallest absolute Gasteiger partial charge is 0.264 e. The summed E-state index contributed by atoms with van der Waals surface area (Å²) in [7, 11) is -2.61. The molecule has 8 nitrogen and oxygen atoms in total. The van der Waals surface area contributed by atoms with Crippen molar-refractivity contribution in [2.75, 3.05) is 18.0 Å². The van der Waals surface area contributed by atoms with Gasteiger partial charge in [-0.05, 0) is 81.1 Å². The molecule has 1 atom stereocenters. The van der Waals surface area contributed by atoms with Crippen LogP contribution in [0, 0.1) is 13.8 Å². The van der Waals surface area contributed by atoms with E-state index in [0.717, 1.165) is 46.7 Å². The number of ether oxygens (including phenoxy) is 1. The SMILES string of the molecule is COc1cccc(CN(C(=O)CN(c2ccc(C)c(Cl)c2)S(=O)(=O)c2ccc(C)cc2)[C@H](C)C(=O)NC2CCCC2)c1. The summed E-state index contributed by atoms with van der Waals surface area (Å²) in [4.78, 5) is 29.0. The van der Waals surface area contributed by atoms with Crippen molar-refractivity contribution in [2.24, 2.45) is 0 Å². The third kappa shape index (κ3) is 7.44. The van der Waals surface area contributed by atoms with Gasteiger partial charge in [0, 0.05) is 17.6 Å². The summed E-state index contributed by atoms with van der Waals surface area (Å²) in [5.41, 5.74) is 2.68. The van der Waals surface area contributed by atoms with Crippen LogP contribution in [0.4, 0.5) is 5.69 Å². The summed E-state index contributed by atoms with van der Waals surface area (Å²) < 4.78 is 34.4. The molecule has 0 unspecified atom stereocenters. The van der Waals surface area contributed by atoms with Gasteiger partial charge in [0.15, 0.2) is 0 Å². The highest BCUT2D eigenvalue weighted by molar-refractivity contribution is 7.92. The van der Waals surface area contributed by atoms with Gasteiger partial charge in [-0.2, -0.15) is 0 Å². The molecule has 2 amide bonds. The number of methoxy groups -OCH3 is 1. The molecule has 0 saturated heterocycles. The zero-order valence-corrected chi connectivity index (χ0v) is 26.0. The molecule has 0 radical (unpaired) electrons. The largest absolute Gasteiger partial charge is 0.497 e. The third-order valence-electron chi connectivity index (χ3n) is 7.69. The van der Waals surface area contributed by atoms with E-state index in [-0.39, 0.29) is 29.1 Å². The van der Waals surface area contributed by atoms with Crippen molar-refractivity contribution in [3.8, 4) is 5.75 Å². The highest BCUT2D eigenvalue weighted by Gasteiger charge is 2.33. The van der Waals surface area contributed by atoms with Gasteiger partial charge >= 0.3 is 0 Å². The van der Waals surface area contributed by atoms with Crippen molar-refractivity contribution >= 4 is 39.1 Å². The van der Waals surface area contributed by atoms with E-state index in [4.69, 9.17) is 16.3 Å². The van der Waals surface area contributed by atoms with Gasteiger partial charge in [0.05, 0.1) is 17.7 Å². The number of carbonyl (C=O) groups excluding carboxylic acids is 2. The molecule has 1 N–H and O–H groups in total. The number of benzene rings is 3. The van der Waals surface area contributed by atoms with Crippen molar-refractivity contribution in [3.63, 3.8) is 0 Å². The summed E-state index contributed by atoms with van der Waals surface area (Å²) in [5, 5.41) is 3.45. The van der Waals surface area contributed by atoms with Crippen molar-refractivity contribution in [2.45, 2.75) is 70.0 Å². The molecule has 0 aromatic heterocycles. The van der Waals surface area contributed by atoms with Gasteiger partial charge in [-0.15, -0.1) is 0 Å². The first-order chi connectivity index (χ1) is 20.0. The lowest BCUT2D eigenvalue weighted by Crippen LogP contribution is -2.52. The Hall–Kier alpha value is -3.56. The molecular formula is C32H38ClN3O5S. The predicted octanol–water partition coefficient (Wildman–Crippen LogP) is 5.64. The second kappa shape index (κ2) is 13.6. The van der Waals surface area contributed by atoms with Crippen LogP contribution in [0.25, 0.3) is 0 Å². The topological polar surface area (TPSA) is 96.0 Å². The normalized spacial score (nSPS) is 14.3. The van der Waals surface area contributed by atoms with E-state index in [1.54, 1.807) is 56.5 Å². The van der Waals surface area contributed by atoms with Gasteiger partial charge < -0.3 is 15.0 Å². The number of carbonyl (C=O) groups is 2. The lowest BCUT2D eigenvalue weighted by atomic mass is 10.1. The summed E-state index contributed by atoms with van der Waals surface area (Å²) in [6.45, 7) is 4.91. The zero-order valence-electron chi connectivity index (χ0n) is 24.5. The average molecular weight is 612 g/mol. The molecule has 0 aliphatic heterocycles. The Morgan fingerprint density at radius 3 is 2.36 bits per heavy atom. The molecule has 4 rings (SSSR count). The van der Waals surface area contributed by atoms with Crippen LogP contribution in [0.1, 0.15) is 49.3 Å². The molecule has 1 aliphatic rings. The zero-order chi connectivity index (χ0) is 30.4. The van der Waals surface area contributed by atoms with Crippen molar-refractivity contribution in [1.82, 2.24) is 10.2 Å². The van der Waals surface area contributed by atoms with Crippen LogP contribution >= 0.6 is 11.6 Å². The minimum Gasteiger partial charge on any atom is -0.497 e. The Labute approximate surface area is 253 Å². The fourth-order valence-corrected chi connectivity index (χ4v) is 6.63. The Bertz CT molecular complexity index is 1520. The first kappa shape index (κ1) is 31.4. The van der Waals surface area contributed by atoms with Gasteiger partial charge in [-0.3, -0.25) is 13.9 Å². The summed E-state index contributed by atoms with van der Waals surface area (Å²) in [6, 6.07) is 17.8. The number of sulfonamides is 1. The Morgan fingerprint density at radius 1 is 1.02 bits per heavy atom. The number of aryl methyl sites for hydroxylation is 2. The van der Waals surface area contributed by atoms with Gasteiger partial charge in [-0.25, -0.2) is 8.42 Å². The maximum Gasteiger partial charge on any atom is 0.264 e. The molecular weight excluding hydrogens is 574 g/mol. The average Bonchev–Trinajstić information content (AvgIpc) is 3.49. The third-order valence-corrected chi connectivity index (χ3v) is 9.88. The number of rotatable bonds is 11. The molecule has 3 aromatic rings. The number of hydrogen-bond donors (Lipinski definition) is 1. The van der Waals surface area contributed by atoms with Crippen LogP contribution in [-0.4, -0.2) is 50.9 Å². The standard InChI is InChI=1S/C32H38ClN3O5S/c1-22-12-16-29(17-13-22)42(39,40)36(27-15-14-23(2)30(33)19-27)21-31(37)35(20-25-8-7-11-28(18-25)41-4)24(3)32(38)34-26-9-5-6-10-26/h7-8,11-19,24,26H,5-6,9-10,20-21H2,1-4H3,(H,34,38)/t24-/m1/s1. The summed E-state index contributed by atoms with van der Waals surface area (Å²) in [6.07, 6.45) is 3.91. The minimum absolute atomic E-state index is 0.0453. The molecule has 10 heteroatoms. The maximum absolute atomic E-state index is 14.1. The number of halogens is 1. The number of nitrogens with one attached hydrogen (secondary N) is 1. The van der Waals surface area contributed by atoms with Gasteiger partial charge in [-0.1, -0.05) is 60.3 Å². The van der Waals surface area contributed by atoms with Gasteiger partial charge in [0.1, 0.15) is 18.3 Å². The molecule has 0 heterocycles. The molecule has 0 bridgehead atoms. The van der Waals surface area contributed by atoms with Gasteiger partial charge in [0.2, 0.25) is 11.8 Å². The van der Waals surface area contributed by atoms with Crippen LogP contribution in [0.3, 0.4) is 0 Å². The number of nitrogens with zero attached hydrogens (tertiary/aromatic N) is 2. The quantitative estimate of drug-likeness (QED) is 0.303. The summed E-state index contributed by atoms with van der Waals surface area (Å²) in [5.74, 6) is -0.190. The molecule has 1 fully saturated rings. The molecule has 42 heavy (non-hydrogen) atoms. The highest BCUT2D eigenvalue weighted by atomic mass is 35.5. The fraction of sp³-hybridized carbons (Fsp3) is 0.375. The monoisotopic (exact) mass is 611 g/mol. The molecule has 3 aromatic carbocycles. The second-order valence-corrected chi connectivity index (χ2v) is 13.1. The molecule has 1 saturated carbocycles. The van der Waals surface area contributed by atoms with E-state index in [9.17, 15) is 18.0 Å². The van der Waals surface area contributed by atoms with E-state index in [1.165, 1.54) is 17.0 Å². The number of amides is 2. The van der Waals surface area contributed by atoms with Crippen LogP contribution in [0.5, 0.6) is 5.75 Å². The van der Waals surface area contributed by atoms with Crippen molar-refractivity contribution in [3.05, 3.63) is 88.4 Å². The number of anilines is 1. The van der Waals surface area contributed by atoms with Crippen LogP contribution < -0.4 is 14.4 Å². The summed E-state index contributed by atoms with van der Waals surface area (Å²) >= 11 is 6.40. The first-order valence-corrected chi connectivity index (χ1v) is 15.9. The van der Waals surface area contributed by atoms with E-state index in [0.29, 0.717) is 10.8 Å². The predicted molar refractivity (Wildman–Crippen MR) is 165 cm³/mol. The maximum atomic E-state index is 14.1. The Morgan fingerprint density at radius 2 is 1.71 bits per heavy atom.